The van der Waals surface area contributed by atoms with Crippen LogP contribution in [0.5, 0.6) is 11.5 Å². The Morgan fingerprint density at radius 1 is 0.935 bits per heavy atom. The molecule has 0 aliphatic carbocycles. The minimum atomic E-state index is -0.720. The van der Waals surface area contributed by atoms with Crippen LogP contribution in [-0.2, 0) is 4.79 Å². The molecule has 1 aromatic heterocycles. The van der Waals surface area contributed by atoms with E-state index in [0.717, 1.165) is 11.1 Å². The summed E-state index contributed by atoms with van der Waals surface area (Å²) in [5, 5.41) is 0.902. The lowest BCUT2D eigenvalue weighted by Gasteiger charge is -2.12. The van der Waals surface area contributed by atoms with E-state index in [1.54, 1.807) is 36.4 Å². The molecule has 0 N–H and O–H groups in total. The van der Waals surface area contributed by atoms with E-state index in [-0.39, 0.29) is 18.1 Å². The first kappa shape index (κ1) is 20.7. The molecule has 31 heavy (non-hydrogen) atoms. The third kappa shape index (κ3) is 4.62. The molecule has 1 heterocycles. The lowest BCUT2D eigenvalue weighted by Crippen LogP contribution is -2.21. The Labute approximate surface area is 183 Å². The SMILES string of the molecule is Cc1ccc(-c2oc3ccc(C)cc3c(=O)c2OC(=O)COc2ccc(Cl)cc2)cc1. The third-order valence-corrected chi connectivity index (χ3v) is 4.96. The topological polar surface area (TPSA) is 65.7 Å². The minimum Gasteiger partial charge on any atom is -0.482 e. The first-order chi connectivity index (χ1) is 14.9. The Balaban J connectivity index is 1.70. The van der Waals surface area contributed by atoms with Crippen LogP contribution in [0.4, 0.5) is 0 Å². The molecule has 0 fully saturated rings. The first-order valence-electron chi connectivity index (χ1n) is 9.64. The van der Waals surface area contributed by atoms with Crippen LogP contribution in [-0.4, -0.2) is 12.6 Å². The van der Waals surface area contributed by atoms with Crippen molar-refractivity contribution in [3.05, 3.63) is 93.1 Å². The number of carbonyl (C=O) groups is 1. The quantitative estimate of drug-likeness (QED) is 0.376. The second kappa shape index (κ2) is 8.66. The summed E-state index contributed by atoms with van der Waals surface area (Å²) >= 11 is 5.85. The van der Waals surface area contributed by atoms with Gasteiger partial charge in [-0.25, -0.2) is 4.79 Å². The zero-order valence-electron chi connectivity index (χ0n) is 17.0. The average molecular weight is 435 g/mol. The van der Waals surface area contributed by atoms with E-state index < -0.39 is 11.4 Å². The number of ether oxygens (including phenoxy) is 2. The van der Waals surface area contributed by atoms with Gasteiger partial charge in [0.25, 0.3) is 0 Å². The van der Waals surface area contributed by atoms with Gasteiger partial charge in [-0.3, -0.25) is 4.79 Å². The van der Waals surface area contributed by atoms with Gasteiger partial charge in [-0.1, -0.05) is 53.1 Å². The summed E-state index contributed by atoms with van der Waals surface area (Å²) in [6.07, 6.45) is 0. The van der Waals surface area contributed by atoms with Crippen LogP contribution in [0.15, 0.2) is 75.9 Å². The average Bonchev–Trinajstić information content (AvgIpc) is 2.76. The van der Waals surface area contributed by atoms with Crippen LogP contribution in [0, 0.1) is 13.8 Å². The van der Waals surface area contributed by atoms with Crippen molar-refractivity contribution < 1.29 is 18.7 Å². The number of hydrogen-bond donors (Lipinski definition) is 0. The number of halogens is 1. The second-order valence-electron chi connectivity index (χ2n) is 7.17. The highest BCUT2D eigenvalue weighted by Gasteiger charge is 2.21. The maximum Gasteiger partial charge on any atom is 0.349 e. The van der Waals surface area contributed by atoms with E-state index in [9.17, 15) is 9.59 Å². The number of fused-ring (bicyclic) bond motifs is 1. The summed E-state index contributed by atoms with van der Waals surface area (Å²) in [4.78, 5) is 25.7. The molecular formula is C25H19ClO5. The summed E-state index contributed by atoms with van der Waals surface area (Å²) in [5.74, 6) is -0.225. The molecule has 0 atom stereocenters. The van der Waals surface area contributed by atoms with Crippen LogP contribution in [0.25, 0.3) is 22.3 Å². The van der Waals surface area contributed by atoms with E-state index >= 15 is 0 Å². The van der Waals surface area contributed by atoms with Gasteiger partial charge >= 0.3 is 5.97 Å². The Kier molecular flexibility index (Phi) is 5.78. The van der Waals surface area contributed by atoms with Crippen LogP contribution in [0.3, 0.4) is 0 Å². The molecule has 156 valence electrons. The molecule has 0 saturated carbocycles. The van der Waals surface area contributed by atoms with E-state index in [4.69, 9.17) is 25.5 Å². The van der Waals surface area contributed by atoms with Gasteiger partial charge in [-0.05, 0) is 50.2 Å². The molecule has 4 rings (SSSR count). The fourth-order valence-electron chi connectivity index (χ4n) is 3.10. The van der Waals surface area contributed by atoms with Gasteiger partial charge in [0.05, 0.1) is 5.39 Å². The molecule has 3 aromatic carbocycles. The molecule has 0 saturated heterocycles. The highest BCUT2D eigenvalue weighted by Crippen LogP contribution is 2.31. The molecule has 4 aromatic rings. The molecule has 0 radical (unpaired) electrons. The van der Waals surface area contributed by atoms with Crippen molar-refractivity contribution >= 4 is 28.5 Å². The van der Waals surface area contributed by atoms with Crippen molar-refractivity contribution in [2.24, 2.45) is 0 Å². The molecule has 6 heteroatoms. The molecule has 0 aliphatic heterocycles. The van der Waals surface area contributed by atoms with Crippen LogP contribution < -0.4 is 14.9 Å². The molecule has 0 spiro atoms. The lowest BCUT2D eigenvalue weighted by molar-refractivity contribution is -0.136. The van der Waals surface area contributed by atoms with Gasteiger partial charge < -0.3 is 13.9 Å². The lowest BCUT2D eigenvalue weighted by atomic mass is 10.1. The number of benzene rings is 3. The summed E-state index contributed by atoms with van der Waals surface area (Å²) < 4.78 is 16.9. The number of esters is 1. The number of aryl methyl sites for hydroxylation is 2. The normalized spacial score (nSPS) is 10.8. The van der Waals surface area contributed by atoms with Crippen LogP contribution >= 0.6 is 11.6 Å². The third-order valence-electron chi connectivity index (χ3n) is 4.70. The Hall–Kier alpha value is -3.57. The van der Waals surface area contributed by atoms with Gasteiger partial charge in [0.2, 0.25) is 11.2 Å². The summed E-state index contributed by atoms with van der Waals surface area (Å²) in [5.41, 5.74) is 2.58. The largest absolute Gasteiger partial charge is 0.482 e. The predicted octanol–water partition coefficient (Wildman–Crippen LogP) is 5.71. The van der Waals surface area contributed by atoms with Crippen molar-refractivity contribution in [2.75, 3.05) is 6.61 Å². The van der Waals surface area contributed by atoms with Gasteiger partial charge in [-0.2, -0.15) is 0 Å². The maximum absolute atomic E-state index is 13.2. The van der Waals surface area contributed by atoms with Crippen LogP contribution in [0.1, 0.15) is 11.1 Å². The Bertz CT molecular complexity index is 1310. The molecule has 0 aliphatic rings. The van der Waals surface area contributed by atoms with Crippen molar-refractivity contribution in [1.82, 2.24) is 0 Å². The zero-order valence-corrected chi connectivity index (χ0v) is 17.7. The van der Waals surface area contributed by atoms with Gasteiger partial charge in [0.1, 0.15) is 11.3 Å². The smallest absolute Gasteiger partial charge is 0.349 e. The predicted molar refractivity (Wildman–Crippen MR) is 120 cm³/mol. The summed E-state index contributed by atoms with van der Waals surface area (Å²) in [7, 11) is 0. The highest BCUT2D eigenvalue weighted by atomic mass is 35.5. The maximum atomic E-state index is 13.2. The number of rotatable bonds is 5. The minimum absolute atomic E-state index is 0.161. The van der Waals surface area contributed by atoms with E-state index in [1.165, 1.54) is 0 Å². The monoisotopic (exact) mass is 434 g/mol. The fourth-order valence-corrected chi connectivity index (χ4v) is 3.22. The number of carbonyl (C=O) groups excluding carboxylic acids is 1. The van der Waals surface area contributed by atoms with Crippen molar-refractivity contribution in [1.29, 1.82) is 0 Å². The van der Waals surface area contributed by atoms with Gasteiger partial charge in [0.15, 0.2) is 12.4 Å². The summed E-state index contributed by atoms with van der Waals surface area (Å²) in [6.45, 7) is 3.46. The molecule has 5 nitrogen and oxygen atoms in total. The Morgan fingerprint density at radius 2 is 1.61 bits per heavy atom. The molecule has 0 amide bonds. The fraction of sp³-hybridized carbons (Fsp3) is 0.120. The highest BCUT2D eigenvalue weighted by molar-refractivity contribution is 6.30. The molecular weight excluding hydrogens is 416 g/mol. The van der Waals surface area contributed by atoms with Crippen molar-refractivity contribution in [3.63, 3.8) is 0 Å². The standard InChI is InChI=1S/C25H19ClO5/c1-15-3-6-17(7-4-15)24-25(23(28)20-13-16(2)5-12-21(20)30-24)31-22(27)14-29-19-10-8-18(26)9-11-19/h3-13H,14H2,1-2H3. The van der Waals surface area contributed by atoms with E-state index in [2.05, 4.69) is 0 Å². The summed E-state index contributed by atoms with van der Waals surface area (Å²) in [6, 6.07) is 19.3. The second-order valence-corrected chi connectivity index (χ2v) is 7.61. The van der Waals surface area contributed by atoms with Gasteiger partial charge in [0, 0.05) is 10.6 Å². The van der Waals surface area contributed by atoms with Crippen LogP contribution in [0.2, 0.25) is 5.02 Å². The molecule has 0 bridgehead atoms. The van der Waals surface area contributed by atoms with Gasteiger partial charge in [-0.15, -0.1) is 0 Å². The Morgan fingerprint density at radius 3 is 2.32 bits per heavy atom. The van der Waals surface area contributed by atoms with Crippen molar-refractivity contribution in [3.8, 4) is 22.8 Å². The first-order valence-corrected chi connectivity index (χ1v) is 10.0. The van der Waals surface area contributed by atoms with E-state index in [1.807, 2.05) is 44.2 Å². The molecule has 0 unspecified atom stereocenters. The van der Waals surface area contributed by atoms with Crippen molar-refractivity contribution in [2.45, 2.75) is 13.8 Å². The number of hydrogen-bond acceptors (Lipinski definition) is 5. The zero-order chi connectivity index (χ0) is 22.0. The van der Waals surface area contributed by atoms with E-state index in [0.29, 0.717) is 27.3 Å².